The molecule has 0 saturated heterocycles. The highest BCUT2D eigenvalue weighted by Gasteiger charge is 2.02. The van der Waals surface area contributed by atoms with E-state index in [1.165, 1.54) is 0 Å². The molecule has 0 fully saturated rings. The molecule has 22 heavy (non-hydrogen) atoms. The molecule has 2 aromatic rings. The fraction of sp³-hybridized carbons (Fsp3) is 0. The van der Waals surface area contributed by atoms with Gasteiger partial charge in [0.15, 0.2) is 0 Å². The van der Waals surface area contributed by atoms with E-state index in [0.717, 1.165) is 24.4 Å². The van der Waals surface area contributed by atoms with Gasteiger partial charge in [0.05, 0.1) is 17.6 Å². The highest BCUT2D eigenvalue weighted by Crippen LogP contribution is 2.15. The number of aliphatic imine (C=N–C) groups is 1. The number of nitrogens with one attached hydrogen (secondary N) is 1. The van der Waals surface area contributed by atoms with Crippen molar-refractivity contribution < 1.29 is 9.60 Å². The molecule has 2 aromatic carbocycles. The molecule has 0 radical (unpaired) electrons. The van der Waals surface area contributed by atoms with Crippen LogP contribution in [0.2, 0.25) is 0 Å². The van der Waals surface area contributed by atoms with Crippen molar-refractivity contribution in [2.75, 3.05) is 5.23 Å². The largest absolute Gasteiger partial charge is 0.733 e. The third-order valence-corrected chi connectivity index (χ3v) is 2.59. The number of nitrogens with zero attached hydrogens (tertiary/aromatic N) is 3. The molecule has 0 atom stereocenters. The van der Waals surface area contributed by atoms with E-state index in [4.69, 9.17) is 10.9 Å². The van der Waals surface area contributed by atoms with E-state index in [0.29, 0.717) is 5.69 Å². The standard InChI is InChI=1S/C14H13FN5O2/c15-13-7-6-12(20(21)22)8-10(13)9-17-19-14(16)18-11-4-2-1-3-5-11/h1-9,21H,(H3,16,18,19)/q-1/b17-9+. The van der Waals surface area contributed by atoms with Crippen LogP contribution < -0.4 is 16.4 Å². The van der Waals surface area contributed by atoms with Crippen molar-refractivity contribution in [1.82, 2.24) is 5.43 Å². The monoisotopic (exact) mass is 302 g/mol. The quantitative estimate of drug-likeness (QED) is 0.455. The lowest BCUT2D eigenvalue weighted by Gasteiger charge is -2.21. The summed E-state index contributed by atoms with van der Waals surface area (Å²) in [4.78, 5) is 4.04. The Morgan fingerprint density at radius 3 is 2.68 bits per heavy atom. The second kappa shape index (κ2) is 7.16. The van der Waals surface area contributed by atoms with Crippen molar-refractivity contribution in [2.24, 2.45) is 15.8 Å². The second-order valence-electron chi connectivity index (χ2n) is 4.18. The Morgan fingerprint density at radius 1 is 1.27 bits per heavy atom. The molecule has 0 aliphatic rings. The molecule has 0 amide bonds. The fourth-order valence-corrected chi connectivity index (χ4v) is 1.58. The summed E-state index contributed by atoms with van der Waals surface area (Å²) in [5.74, 6) is -0.582. The van der Waals surface area contributed by atoms with E-state index in [1.54, 1.807) is 24.3 Å². The van der Waals surface area contributed by atoms with Gasteiger partial charge in [-0.25, -0.2) is 14.8 Å². The number of benzene rings is 2. The number of hydrogen-bond acceptors (Lipinski definition) is 5. The van der Waals surface area contributed by atoms with Crippen molar-refractivity contribution in [3.05, 3.63) is 65.1 Å². The van der Waals surface area contributed by atoms with Gasteiger partial charge in [-0.2, -0.15) is 5.10 Å². The highest BCUT2D eigenvalue weighted by atomic mass is 19.1. The predicted octanol–water partition coefficient (Wildman–Crippen LogP) is 2.09. The first-order valence-electron chi connectivity index (χ1n) is 6.20. The molecule has 4 N–H and O–H groups in total. The maximum Gasteiger partial charge on any atom is 0.214 e. The van der Waals surface area contributed by atoms with Gasteiger partial charge < -0.3 is 16.2 Å². The van der Waals surface area contributed by atoms with Crippen molar-refractivity contribution in [2.45, 2.75) is 0 Å². The first kappa shape index (κ1) is 15.4. The molecule has 0 aliphatic heterocycles. The Kier molecular flexibility index (Phi) is 5.02. The fourth-order valence-electron chi connectivity index (χ4n) is 1.58. The molecule has 0 saturated carbocycles. The first-order chi connectivity index (χ1) is 10.6. The molecule has 0 spiro atoms. The summed E-state index contributed by atoms with van der Waals surface area (Å²) in [7, 11) is 0. The van der Waals surface area contributed by atoms with Gasteiger partial charge in [0.1, 0.15) is 5.82 Å². The van der Waals surface area contributed by atoms with Gasteiger partial charge in [-0.15, -0.1) is 0 Å². The van der Waals surface area contributed by atoms with E-state index in [2.05, 4.69) is 15.5 Å². The van der Waals surface area contributed by atoms with Crippen molar-refractivity contribution >= 4 is 23.5 Å². The molecule has 8 heteroatoms. The van der Waals surface area contributed by atoms with Crippen LogP contribution in [0.1, 0.15) is 5.56 Å². The molecular formula is C14H13FN5O2-. The number of halogens is 1. The number of hydrogen-bond donors (Lipinski definition) is 3. The molecule has 0 aliphatic carbocycles. The molecule has 0 unspecified atom stereocenters. The number of guanidine groups is 1. The first-order valence-corrected chi connectivity index (χ1v) is 6.20. The van der Waals surface area contributed by atoms with Gasteiger partial charge in [-0.05, 0) is 30.3 Å². The molecular weight excluding hydrogens is 289 g/mol. The topological polar surface area (TPSA) is 109 Å². The maximum absolute atomic E-state index is 13.5. The molecule has 0 aromatic heterocycles. The Labute approximate surface area is 125 Å². The zero-order valence-electron chi connectivity index (χ0n) is 11.3. The van der Waals surface area contributed by atoms with Crippen LogP contribution in [0.4, 0.5) is 15.8 Å². The van der Waals surface area contributed by atoms with Crippen LogP contribution in [0.5, 0.6) is 0 Å². The average molecular weight is 302 g/mol. The third-order valence-electron chi connectivity index (χ3n) is 2.59. The summed E-state index contributed by atoms with van der Waals surface area (Å²) in [5.41, 5.74) is 8.58. The number of rotatable bonds is 4. The SMILES string of the molecule is NC(=Nc1ccccc1)N/N=C/c1cc(N([O-])O)ccc1F. The summed E-state index contributed by atoms with van der Waals surface area (Å²) in [5, 5.41) is 22.9. The van der Waals surface area contributed by atoms with Crippen LogP contribution in [-0.4, -0.2) is 17.4 Å². The minimum atomic E-state index is -0.602. The van der Waals surface area contributed by atoms with E-state index in [-0.39, 0.29) is 22.4 Å². The molecule has 2 rings (SSSR count). The van der Waals surface area contributed by atoms with E-state index in [9.17, 15) is 9.60 Å². The maximum atomic E-state index is 13.5. The normalized spacial score (nSPS) is 11.7. The van der Waals surface area contributed by atoms with Crippen LogP contribution in [0.25, 0.3) is 0 Å². The van der Waals surface area contributed by atoms with Gasteiger partial charge in [0, 0.05) is 5.56 Å². The summed E-state index contributed by atoms with van der Waals surface area (Å²) < 4.78 is 13.5. The summed E-state index contributed by atoms with van der Waals surface area (Å²) >= 11 is 0. The Balaban J connectivity index is 2.06. The van der Waals surface area contributed by atoms with Crippen molar-refractivity contribution in [3.8, 4) is 0 Å². The smallest absolute Gasteiger partial charge is 0.214 e. The Morgan fingerprint density at radius 2 is 2.00 bits per heavy atom. The Bertz CT molecular complexity index is 689. The lowest BCUT2D eigenvalue weighted by Crippen LogP contribution is -2.26. The van der Waals surface area contributed by atoms with Crippen LogP contribution in [0, 0.1) is 11.0 Å². The predicted molar refractivity (Wildman–Crippen MR) is 82.5 cm³/mol. The minimum Gasteiger partial charge on any atom is -0.733 e. The zero-order chi connectivity index (χ0) is 15.9. The van der Waals surface area contributed by atoms with Gasteiger partial charge >= 0.3 is 0 Å². The van der Waals surface area contributed by atoms with Crippen LogP contribution in [-0.2, 0) is 0 Å². The minimum absolute atomic E-state index is 0.00686. The van der Waals surface area contributed by atoms with Crippen LogP contribution >= 0.6 is 0 Å². The third kappa shape index (κ3) is 4.27. The molecule has 114 valence electrons. The number of anilines is 1. The van der Waals surface area contributed by atoms with Gasteiger partial charge in [0.25, 0.3) is 0 Å². The number of hydrazone groups is 1. The van der Waals surface area contributed by atoms with Gasteiger partial charge in [-0.1, -0.05) is 18.2 Å². The van der Waals surface area contributed by atoms with E-state index in [1.807, 2.05) is 6.07 Å². The lowest BCUT2D eigenvalue weighted by atomic mass is 10.2. The molecule has 7 nitrogen and oxygen atoms in total. The number of para-hydroxylation sites is 1. The number of nitrogens with two attached hydrogens (primary N) is 1. The molecule has 0 bridgehead atoms. The van der Waals surface area contributed by atoms with Crippen LogP contribution in [0.3, 0.4) is 0 Å². The van der Waals surface area contributed by atoms with E-state index < -0.39 is 5.82 Å². The van der Waals surface area contributed by atoms with Crippen molar-refractivity contribution in [3.63, 3.8) is 0 Å². The average Bonchev–Trinajstić information content (AvgIpc) is 2.50. The van der Waals surface area contributed by atoms with Crippen LogP contribution in [0.15, 0.2) is 58.6 Å². The summed E-state index contributed by atoms with van der Waals surface area (Å²) in [6, 6.07) is 12.3. The Hall–Kier alpha value is -2.97. The molecule has 0 heterocycles. The van der Waals surface area contributed by atoms with Crippen molar-refractivity contribution in [1.29, 1.82) is 0 Å². The summed E-state index contributed by atoms with van der Waals surface area (Å²) in [6.07, 6.45) is 1.12. The second-order valence-corrected chi connectivity index (χ2v) is 4.18. The van der Waals surface area contributed by atoms with E-state index >= 15 is 0 Å². The summed E-state index contributed by atoms with van der Waals surface area (Å²) in [6.45, 7) is 0. The lowest BCUT2D eigenvalue weighted by molar-refractivity contribution is 0.296. The highest BCUT2D eigenvalue weighted by molar-refractivity contribution is 5.85. The van der Waals surface area contributed by atoms with Gasteiger partial charge in [0.2, 0.25) is 5.96 Å². The zero-order valence-corrected chi connectivity index (χ0v) is 11.3. The van der Waals surface area contributed by atoms with Gasteiger partial charge in [-0.3, -0.25) is 5.21 Å².